The number of amidine groups is 1. The summed E-state index contributed by atoms with van der Waals surface area (Å²) in [4.78, 5) is 0. The van der Waals surface area contributed by atoms with Crippen LogP contribution in [-0.2, 0) is 0 Å². The van der Waals surface area contributed by atoms with E-state index < -0.39 is 0 Å². The van der Waals surface area contributed by atoms with Crippen molar-refractivity contribution >= 4 is 51.6 Å². The van der Waals surface area contributed by atoms with E-state index in [9.17, 15) is 0 Å². The zero-order valence-electron chi connectivity index (χ0n) is 5.73. The first-order valence-corrected chi connectivity index (χ1v) is 4.63. The highest BCUT2D eigenvalue weighted by Crippen LogP contribution is 2.08. The molecule has 0 atom stereocenters. The van der Waals surface area contributed by atoms with E-state index in [0.717, 1.165) is 5.84 Å². The maximum Gasteiger partial charge on any atom is 0.117 e. The van der Waals surface area contributed by atoms with E-state index in [1.807, 2.05) is 29.8 Å². The highest BCUT2D eigenvalue weighted by atomic mass is 127. The first-order valence-electron chi connectivity index (χ1n) is 2.70. The molecule has 0 bridgehead atoms. The predicted octanol–water partition coefficient (Wildman–Crippen LogP) is 2.82. The third-order valence-electron chi connectivity index (χ3n) is 0.885. The van der Waals surface area contributed by atoms with Crippen LogP contribution >= 0.6 is 45.7 Å². The summed E-state index contributed by atoms with van der Waals surface area (Å²) in [7, 11) is 0. The Bertz CT molecular complexity index is 112. The maximum absolute atomic E-state index is 4.01. The Labute approximate surface area is 84.1 Å². The fraction of sp³-hybridized carbons (Fsp3) is 0.800. The average molecular weight is 352 g/mol. The van der Waals surface area contributed by atoms with Crippen LogP contribution in [0.2, 0.25) is 0 Å². The van der Waals surface area contributed by atoms with Crippen LogP contribution in [0, 0.1) is 0 Å². The quantitative estimate of drug-likeness (QED) is 0.307. The Balaban J connectivity index is 3.88. The molecule has 0 amide bonds. The molecule has 9 heavy (non-hydrogen) atoms. The molecule has 0 fully saturated rings. The van der Waals surface area contributed by atoms with E-state index >= 15 is 0 Å². The summed E-state index contributed by atoms with van der Waals surface area (Å²) >= 11 is 4.26. The van der Waals surface area contributed by atoms with E-state index in [-0.39, 0.29) is 0 Å². The van der Waals surface area contributed by atoms with E-state index in [1.165, 1.54) is 0 Å². The van der Waals surface area contributed by atoms with Crippen LogP contribution in [0.3, 0.4) is 0 Å². The minimum Gasteiger partial charge on any atom is -0.300 e. The van der Waals surface area contributed by atoms with Crippen molar-refractivity contribution in [2.24, 2.45) is 3.21 Å². The number of hydrogen-bond donors (Lipinski definition) is 0. The zero-order valence-corrected chi connectivity index (χ0v) is 10.0. The lowest BCUT2D eigenvalue weighted by Gasteiger charge is -2.18. The van der Waals surface area contributed by atoms with Crippen molar-refractivity contribution < 1.29 is 0 Å². The molecular formula is C5H10I2N2. The summed E-state index contributed by atoms with van der Waals surface area (Å²) in [6.07, 6.45) is 0. The molecule has 0 aromatic carbocycles. The lowest BCUT2D eigenvalue weighted by atomic mass is 10.4. The standard InChI is InChI=1S/C5H10I2N2/c1-4(2)9(7)5(3)8-6/h4H,1-3H3. The van der Waals surface area contributed by atoms with Crippen molar-refractivity contribution in [1.82, 2.24) is 3.11 Å². The summed E-state index contributed by atoms with van der Waals surface area (Å²) in [6, 6.07) is 0.532. The molecule has 0 unspecified atom stereocenters. The molecule has 0 saturated heterocycles. The summed E-state index contributed by atoms with van der Waals surface area (Å²) in [5.74, 6) is 1.06. The third-order valence-corrected chi connectivity index (χ3v) is 3.40. The zero-order chi connectivity index (χ0) is 7.44. The van der Waals surface area contributed by atoms with Crippen LogP contribution in [0.15, 0.2) is 3.21 Å². The van der Waals surface area contributed by atoms with Gasteiger partial charge in [0.1, 0.15) is 5.84 Å². The van der Waals surface area contributed by atoms with E-state index in [0.29, 0.717) is 6.04 Å². The van der Waals surface area contributed by atoms with Gasteiger partial charge in [0.25, 0.3) is 0 Å². The molecule has 4 heteroatoms. The van der Waals surface area contributed by atoms with Gasteiger partial charge in [-0.3, -0.25) is 0 Å². The van der Waals surface area contributed by atoms with Crippen molar-refractivity contribution in [2.75, 3.05) is 0 Å². The van der Waals surface area contributed by atoms with Crippen LogP contribution in [0.1, 0.15) is 20.8 Å². The lowest BCUT2D eigenvalue weighted by Crippen LogP contribution is -2.24. The predicted molar refractivity (Wildman–Crippen MR) is 58.1 cm³/mol. The van der Waals surface area contributed by atoms with Gasteiger partial charge in [-0.15, -0.1) is 0 Å². The lowest BCUT2D eigenvalue weighted by molar-refractivity contribution is 0.585. The van der Waals surface area contributed by atoms with Crippen molar-refractivity contribution in [3.63, 3.8) is 0 Å². The topological polar surface area (TPSA) is 15.6 Å². The molecule has 0 N–H and O–H groups in total. The Morgan fingerprint density at radius 2 is 2.00 bits per heavy atom. The second kappa shape index (κ2) is 4.70. The van der Waals surface area contributed by atoms with E-state index in [2.05, 4.69) is 43.0 Å². The Kier molecular flexibility index (Phi) is 5.19. The Hall–Kier alpha value is 0.930. The molecule has 0 aromatic rings. The second-order valence-electron chi connectivity index (χ2n) is 2.04. The van der Waals surface area contributed by atoms with Gasteiger partial charge in [-0.25, -0.2) is 3.21 Å². The fourth-order valence-electron chi connectivity index (χ4n) is 0.410. The van der Waals surface area contributed by atoms with Gasteiger partial charge in [-0.05, 0) is 20.8 Å². The largest absolute Gasteiger partial charge is 0.300 e. The number of nitrogens with zero attached hydrogens (tertiary/aromatic N) is 2. The summed E-state index contributed by atoms with van der Waals surface area (Å²) in [5, 5.41) is 0. The van der Waals surface area contributed by atoms with Crippen LogP contribution in [0.5, 0.6) is 0 Å². The number of halogens is 2. The van der Waals surface area contributed by atoms with Crippen molar-refractivity contribution in [1.29, 1.82) is 0 Å². The van der Waals surface area contributed by atoms with Gasteiger partial charge in [0.2, 0.25) is 0 Å². The highest BCUT2D eigenvalue weighted by Gasteiger charge is 2.04. The minimum atomic E-state index is 0.532. The van der Waals surface area contributed by atoms with Crippen LogP contribution in [0.4, 0.5) is 0 Å². The highest BCUT2D eigenvalue weighted by molar-refractivity contribution is 14.1. The molecule has 2 nitrogen and oxygen atoms in total. The van der Waals surface area contributed by atoms with Gasteiger partial charge in [0.05, 0.1) is 45.7 Å². The SMILES string of the molecule is CC(=NI)N(I)C(C)C. The molecule has 0 heterocycles. The molecule has 0 aromatic heterocycles. The molecule has 0 rings (SSSR count). The van der Waals surface area contributed by atoms with E-state index in [1.54, 1.807) is 0 Å². The third kappa shape index (κ3) is 3.59. The van der Waals surface area contributed by atoms with Crippen molar-refractivity contribution in [3.05, 3.63) is 0 Å². The van der Waals surface area contributed by atoms with Crippen molar-refractivity contribution in [3.8, 4) is 0 Å². The number of hydrogen-bond acceptors (Lipinski definition) is 1. The monoisotopic (exact) mass is 352 g/mol. The molecule has 0 spiro atoms. The Morgan fingerprint density at radius 1 is 1.56 bits per heavy atom. The van der Waals surface area contributed by atoms with Gasteiger partial charge < -0.3 is 3.11 Å². The van der Waals surface area contributed by atoms with Crippen molar-refractivity contribution in [2.45, 2.75) is 26.8 Å². The number of rotatable bonds is 1. The van der Waals surface area contributed by atoms with Gasteiger partial charge >= 0.3 is 0 Å². The molecule has 0 aliphatic carbocycles. The molecule has 0 saturated carbocycles. The van der Waals surface area contributed by atoms with Crippen LogP contribution in [0.25, 0.3) is 0 Å². The fourth-order valence-corrected chi connectivity index (χ4v) is 1.16. The van der Waals surface area contributed by atoms with Gasteiger partial charge in [-0.2, -0.15) is 0 Å². The minimum absolute atomic E-state index is 0.532. The van der Waals surface area contributed by atoms with Gasteiger partial charge in [-0.1, -0.05) is 0 Å². The van der Waals surface area contributed by atoms with E-state index in [4.69, 9.17) is 0 Å². The summed E-state index contributed by atoms with van der Waals surface area (Å²) in [6.45, 7) is 6.27. The summed E-state index contributed by atoms with van der Waals surface area (Å²) < 4.78 is 6.12. The molecular weight excluding hydrogens is 342 g/mol. The van der Waals surface area contributed by atoms with Gasteiger partial charge in [0.15, 0.2) is 0 Å². The first-order chi connectivity index (χ1) is 4.09. The van der Waals surface area contributed by atoms with Crippen LogP contribution < -0.4 is 0 Å². The molecule has 54 valence electrons. The molecule has 0 radical (unpaired) electrons. The molecule has 0 aliphatic rings. The summed E-state index contributed by atoms with van der Waals surface area (Å²) in [5.41, 5.74) is 0. The maximum atomic E-state index is 4.01. The van der Waals surface area contributed by atoms with Gasteiger partial charge in [0, 0.05) is 6.04 Å². The normalized spacial score (nSPS) is 12.4. The smallest absolute Gasteiger partial charge is 0.117 e. The Morgan fingerprint density at radius 3 is 2.11 bits per heavy atom. The molecule has 0 aliphatic heterocycles. The van der Waals surface area contributed by atoms with Crippen LogP contribution in [-0.4, -0.2) is 15.0 Å². The average Bonchev–Trinajstić information content (AvgIpc) is 1.84. The second-order valence-corrected chi connectivity index (χ2v) is 3.56. The first kappa shape index (κ1) is 9.93.